The molecule has 0 aliphatic carbocycles. The van der Waals surface area contributed by atoms with E-state index in [0.29, 0.717) is 22.2 Å². The molecule has 3 heteroatoms. The number of benzene rings is 1. The summed E-state index contributed by atoms with van der Waals surface area (Å²) in [5.41, 5.74) is 1.19. The van der Waals surface area contributed by atoms with Gasteiger partial charge in [-0.3, -0.25) is 0 Å². The molecular weight excluding hydrogens is 242 g/mol. The van der Waals surface area contributed by atoms with Crippen LogP contribution in [-0.4, -0.2) is 12.4 Å². The molecule has 0 unspecified atom stereocenters. The smallest absolute Gasteiger partial charge is 0.137 e. The highest BCUT2D eigenvalue weighted by Gasteiger charge is 2.05. The monoisotopic (exact) mass is 249 g/mol. The molecule has 0 aliphatic rings. The molecule has 0 N–H and O–H groups in total. The predicted octanol–water partition coefficient (Wildman–Crippen LogP) is 2.31. The van der Waals surface area contributed by atoms with Crippen LogP contribution in [0, 0.1) is 23.2 Å². The maximum atomic E-state index is 8.92. The molecule has 1 rings (SSSR count). The van der Waals surface area contributed by atoms with Crippen molar-refractivity contribution in [2.24, 2.45) is 0 Å². The summed E-state index contributed by atoms with van der Waals surface area (Å²) in [5.74, 6) is 6.30. The Morgan fingerprint density at radius 1 is 1.50 bits per heavy atom. The molecule has 70 valence electrons. The van der Waals surface area contributed by atoms with Crippen LogP contribution in [0.2, 0.25) is 0 Å². The van der Waals surface area contributed by atoms with Crippen molar-refractivity contribution in [2.45, 2.75) is 0 Å². The first-order valence-electron chi connectivity index (χ1n) is 3.95. The highest BCUT2D eigenvalue weighted by atomic mass is 79.9. The van der Waals surface area contributed by atoms with Crippen molar-refractivity contribution in [1.29, 1.82) is 5.26 Å². The van der Waals surface area contributed by atoms with Crippen LogP contribution in [0.25, 0.3) is 0 Å². The maximum Gasteiger partial charge on any atom is 0.137 e. The molecule has 0 bridgehead atoms. The second-order valence-electron chi connectivity index (χ2n) is 2.43. The normalized spacial score (nSPS) is 8.36. The Morgan fingerprint density at radius 2 is 2.29 bits per heavy atom. The Morgan fingerprint density at radius 3 is 2.86 bits per heavy atom. The van der Waals surface area contributed by atoms with E-state index in [2.05, 4.69) is 33.8 Å². The van der Waals surface area contributed by atoms with E-state index in [0.717, 1.165) is 0 Å². The van der Waals surface area contributed by atoms with Gasteiger partial charge in [-0.2, -0.15) is 5.26 Å². The van der Waals surface area contributed by atoms with E-state index in [1.54, 1.807) is 12.1 Å². The fourth-order valence-corrected chi connectivity index (χ4v) is 1.19. The molecule has 0 amide bonds. The zero-order chi connectivity index (χ0) is 10.4. The third-order valence-electron chi connectivity index (χ3n) is 1.65. The third-order valence-corrected chi connectivity index (χ3v) is 1.93. The van der Waals surface area contributed by atoms with Crippen LogP contribution in [0.3, 0.4) is 0 Å². The van der Waals surface area contributed by atoms with E-state index in [1.807, 2.05) is 6.07 Å². The number of nitrogens with zero attached hydrogens (tertiary/aromatic N) is 1. The van der Waals surface area contributed by atoms with Crippen LogP contribution in [-0.2, 0) is 0 Å². The van der Waals surface area contributed by atoms with Gasteiger partial charge in [0.2, 0.25) is 0 Å². The lowest BCUT2D eigenvalue weighted by atomic mass is 10.1. The molecule has 0 saturated carbocycles. The number of halogens is 1. The quantitative estimate of drug-likeness (QED) is 0.566. The van der Waals surface area contributed by atoms with E-state index in [-0.39, 0.29) is 0 Å². The van der Waals surface area contributed by atoms with Crippen molar-refractivity contribution in [3.8, 4) is 23.7 Å². The van der Waals surface area contributed by atoms with Gasteiger partial charge in [0.1, 0.15) is 17.4 Å². The molecule has 0 aliphatic heterocycles. The highest BCUT2D eigenvalue weighted by Crippen LogP contribution is 2.20. The number of hydrogen-bond donors (Lipinski definition) is 0. The van der Waals surface area contributed by atoms with Crippen LogP contribution in [0.1, 0.15) is 11.1 Å². The molecule has 0 atom stereocenters. The second kappa shape index (κ2) is 5.32. The SMILES string of the molecule is COc1cccc(C#CCBr)c1C#N. The molecule has 14 heavy (non-hydrogen) atoms. The van der Waals surface area contributed by atoms with E-state index < -0.39 is 0 Å². The standard InChI is InChI=1S/C11H8BrNO/c1-14-11-6-2-4-9(5-3-7-12)10(11)8-13/h2,4,6H,7H2,1H3. The number of ether oxygens (including phenoxy) is 1. The van der Waals surface area contributed by atoms with Crippen molar-refractivity contribution in [2.75, 3.05) is 12.4 Å². The molecule has 1 aromatic carbocycles. The fraction of sp³-hybridized carbons (Fsp3) is 0.182. The van der Waals surface area contributed by atoms with Gasteiger partial charge >= 0.3 is 0 Å². The molecular formula is C11H8BrNO. The summed E-state index contributed by atoms with van der Waals surface area (Å²) in [6, 6.07) is 7.45. The van der Waals surface area contributed by atoms with Crippen LogP contribution >= 0.6 is 15.9 Å². The zero-order valence-corrected chi connectivity index (χ0v) is 9.26. The maximum absolute atomic E-state index is 8.92. The Bertz CT molecular complexity index is 423. The van der Waals surface area contributed by atoms with Crippen molar-refractivity contribution in [3.63, 3.8) is 0 Å². The Kier molecular flexibility index (Phi) is 4.04. The lowest BCUT2D eigenvalue weighted by Crippen LogP contribution is -1.90. The minimum atomic E-state index is 0.489. The Balaban J connectivity index is 3.24. The number of methoxy groups -OCH3 is 1. The van der Waals surface area contributed by atoms with Gasteiger partial charge in [-0.05, 0) is 12.1 Å². The summed E-state index contributed by atoms with van der Waals surface area (Å²) >= 11 is 3.20. The van der Waals surface area contributed by atoms with Crippen molar-refractivity contribution in [3.05, 3.63) is 29.3 Å². The number of alkyl halides is 1. The van der Waals surface area contributed by atoms with Crippen molar-refractivity contribution in [1.82, 2.24) is 0 Å². The molecule has 0 spiro atoms. The molecule has 2 nitrogen and oxygen atoms in total. The predicted molar refractivity (Wildman–Crippen MR) is 58.4 cm³/mol. The zero-order valence-electron chi connectivity index (χ0n) is 7.67. The average molecular weight is 250 g/mol. The van der Waals surface area contributed by atoms with Crippen molar-refractivity contribution < 1.29 is 4.74 Å². The van der Waals surface area contributed by atoms with Gasteiger partial charge in [0.25, 0.3) is 0 Å². The molecule has 0 heterocycles. The van der Waals surface area contributed by atoms with Gasteiger partial charge in [0.15, 0.2) is 0 Å². The molecule has 0 fully saturated rings. The third kappa shape index (κ3) is 2.28. The molecule has 0 saturated heterocycles. The first-order valence-corrected chi connectivity index (χ1v) is 5.07. The van der Waals surface area contributed by atoms with Gasteiger partial charge in [-0.15, -0.1) is 0 Å². The van der Waals surface area contributed by atoms with Gasteiger partial charge in [0, 0.05) is 5.56 Å². The topological polar surface area (TPSA) is 33.0 Å². The molecule has 1 aromatic rings. The molecule has 0 radical (unpaired) electrons. The summed E-state index contributed by atoms with van der Waals surface area (Å²) in [5, 5.41) is 9.51. The van der Waals surface area contributed by atoms with Crippen LogP contribution in [0.5, 0.6) is 5.75 Å². The van der Waals surface area contributed by atoms with E-state index in [9.17, 15) is 0 Å². The highest BCUT2D eigenvalue weighted by molar-refractivity contribution is 9.09. The lowest BCUT2D eigenvalue weighted by molar-refractivity contribution is 0.413. The first-order chi connectivity index (χ1) is 6.83. The van der Waals surface area contributed by atoms with Gasteiger partial charge < -0.3 is 4.74 Å². The Hall–Kier alpha value is -1.45. The summed E-state index contributed by atoms with van der Waals surface area (Å²) in [7, 11) is 1.54. The minimum absolute atomic E-state index is 0.489. The van der Waals surface area contributed by atoms with Crippen LogP contribution < -0.4 is 4.74 Å². The van der Waals surface area contributed by atoms with Crippen LogP contribution in [0.4, 0.5) is 0 Å². The van der Waals surface area contributed by atoms with E-state index in [1.165, 1.54) is 7.11 Å². The number of rotatable bonds is 1. The number of nitriles is 1. The van der Waals surface area contributed by atoms with Gasteiger partial charge in [-0.25, -0.2) is 0 Å². The summed E-state index contributed by atoms with van der Waals surface area (Å²) < 4.78 is 5.05. The van der Waals surface area contributed by atoms with Gasteiger partial charge in [-0.1, -0.05) is 33.8 Å². The van der Waals surface area contributed by atoms with E-state index >= 15 is 0 Å². The van der Waals surface area contributed by atoms with Gasteiger partial charge in [0.05, 0.1) is 12.4 Å². The first kappa shape index (κ1) is 10.6. The largest absolute Gasteiger partial charge is 0.495 e. The number of hydrogen-bond acceptors (Lipinski definition) is 2. The average Bonchev–Trinajstić information content (AvgIpc) is 2.25. The van der Waals surface area contributed by atoms with Crippen molar-refractivity contribution >= 4 is 15.9 Å². The Labute approximate surface area is 91.6 Å². The minimum Gasteiger partial charge on any atom is -0.495 e. The summed E-state index contributed by atoms with van der Waals surface area (Å²) in [6.45, 7) is 0. The fourth-order valence-electron chi connectivity index (χ4n) is 1.05. The summed E-state index contributed by atoms with van der Waals surface area (Å²) in [6.07, 6.45) is 0. The molecule has 0 aromatic heterocycles. The second-order valence-corrected chi connectivity index (χ2v) is 2.99. The summed E-state index contributed by atoms with van der Waals surface area (Å²) in [4.78, 5) is 0. The van der Waals surface area contributed by atoms with Crippen LogP contribution in [0.15, 0.2) is 18.2 Å². The lowest BCUT2D eigenvalue weighted by Gasteiger charge is -2.02. The van der Waals surface area contributed by atoms with E-state index in [4.69, 9.17) is 10.00 Å².